The molecule has 1 aliphatic carbocycles. The van der Waals surface area contributed by atoms with Gasteiger partial charge in [-0.3, -0.25) is 4.79 Å². The van der Waals surface area contributed by atoms with Gasteiger partial charge in [0.15, 0.2) is 0 Å². The fraction of sp³-hybridized carbons (Fsp3) is 0.692. The number of hydrogen-bond donors (Lipinski definition) is 1. The summed E-state index contributed by atoms with van der Waals surface area (Å²) in [5.74, 6) is 0.273. The number of fused-ring (bicyclic) bond motifs is 1. The van der Waals surface area contributed by atoms with Gasteiger partial charge in [-0.05, 0) is 31.1 Å². The highest BCUT2D eigenvalue weighted by molar-refractivity contribution is 7.11. The summed E-state index contributed by atoms with van der Waals surface area (Å²) in [5.41, 5.74) is 1.23. The highest BCUT2D eigenvalue weighted by Gasteiger charge is 2.24. The summed E-state index contributed by atoms with van der Waals surface area (Å²) in [6.45, 7) is 4.40. The topological polar surface area (TPSA) is 50.2 Å². The Labute approximate surface area is 106 Å². The minimum atomic E-state index is -0.676. The largest absolute Gasteiger partial charge is 0.481 e. The second-order valence-corrected chi connectivity index (χ2v) is 6.45. The van der Waals surface area contributed by atoms with E-state index in [2.05, 4.69) is 18.8 Å². The zero-order chi connectivity index (χ0) is 12.4. The van der Waals surface area contributed by atoms with Crippen LogP contribution in [0.25, 0.3) is 0 Å². The molecule has 1 unspecified atom stereocenters. The van der Waals surface area contributed by atoms with Gasteiger partial charge in [0.1, 0.15) is 0 Å². The second kappa shape index (κ2) is 5.17. The Hall–Kier alpha value is -0.900. The molecule has 0 aromatic carbocycles. The van der Waals surface area contributed by atoms with Gasteiger partial charge in [0.2, 0.25) is 0 Å². The van der Waals surface area contributed by atoms with Crippen LogP contribution in [0.5, 0.6) is 0 Å². The van der Waals surface area contributed by atoms with Crippen molar-refractivity contribution in [1.29, 1.82) is 0 Å². The molecule has 1 aromatic heterocycles. The van der Waals surface area contributed by atoms with Crippen molar-refractivity contribution in [1.82, 2.24) is 4.98 Å². The van der Waals surface area contributed by atoms with Crippen LogP contribution in [0.4, 0.5) is 0 Å². The normalized spacial score (nSPS) is 19.4. The standard InChI is InChI=1S/C13H19NO2S/c1-8(2)5-12-14-10-4-3-9(7-13(15)16)6-11(10)17-12/h8-9H,3-7H2,1-2H3,(H,15,16). The highest BCUT2D eigenvalue weighted by Crippen LogP contribution is 2.32. The molecule has 0 aliphatic heterocycles. The number of thiazole rings is 1. The molecule has 4 heteroatoms. The molecule has 1 aliphatic rings. The summed E-state index contributed by atoms with van der Waals surface area (Å²) < 4.78 is 0. The summed E-state index contributed by atoms with van der Waals surface area (Å²) in [5, 5.41) is 10.0. The molecule has 0 saturated heterocycles. The van der Waals surface area contributed by atoms with E-state index in [9.17, 15) is 4.79 Å². The molecule has 0 bridgehead atoms. The molecule has 2 rings (SSSR count). The smallest absolute Gasteiger partial charge is 0.303 e. The van der Waals surface area contributed by atoms with Crippen molar-refractivity contribution in [3.05, 3.63) is 15.6 Å². The minimum Gasteiger partial charge on any atom is -0.481 e. The lowest BCUT2D eigenvalue weighted by Crippen LogP contribution is -2.16. The van der Waals surface area contributed by atoms with Gasteiger partial charge in [-0.2, -0.15) is 0 Å². The zero-order valence-electron chi connectivity index (χ0n) is 10.4. The average Bonchev–Trinajstić information content (AvgIpc) is 2.56. The van der Waals surface area contributed by atoms with E-state index < -0.39 is 5.97 Å². The Kier molecular flexibility index (Phi) is 3.82. The maximum atomic E-state index is 10.7. The first-order valence-electron chi connectivity index (χ1n) is 6.24. The van der Waals surface area contributed by atoms with Crippen molar-refractivity contribution in [2.45, 2.75) is 46.0 Å². The quantitative estimate of drug-likeness (QED) is 0.897. The summed E-state index contributed by atoms with van der Waals surface area (Å²) in [7, 11) is 0. The highest BCUT2D eigenvalue weighted by atomic mass is 32.1. The van der Waals surface area contributed by atoms with Crippen LogP contribution in [-0.4, -0.2) is 16.1 Å². The SMILES string of the molecule is CC(C)Cc1nc2c(s1)CC(CC(=O)O)CC2. The van der Waals surface area contributed by atoms with Gasteiger partial charge in [-0.25, -0.2) is 4.98 Å². The summed E-state index contributed by atoms with van der Waals surface area (Å²) in [6.07, 6.45) is 4.20. The molecule has 94 valence electrons. The molecule has 0 fully saturated rings. The Balaban J connectivity index is 2.04. The number of hydrogen-bond acceptors (Lipinski definition) is 3. The number of aromatic nitrogens is 1. The van der Waals surface area contributed by atoms with Crippen molar-refractivity contribution in [2.24, 2.45) is 11.8 Å². The van der Waals surface area contributed by atoms with Gasteiger partial charge in [0.05, 0.1) is 10.7 Å². The van der Waals surface area contributed by atoms with Crippen LogP contribution < -0.4 is 0 Å². The second-order valence-electron chi connectivity index (χ2n) is 5.28. The third kappa shape index (κ3) is 3.28. The number of carbonyl (C=O) groups is 1. The molecule has 17 heavy (non-hydrogen) atoms. The zero-order valence-corrected chi connectivity index (χ0v) is 11.2. The molecule has 1 N–H and O–H groups in total. The van der Waals surface area contributed by atoms with Crippen molar-refractivity contribution in [3.63, 3.8) is 0 Å². The first-order valence-corrected chi connectivity index (χ1v) is 7.05. The third-order valence-electron chi connectivity index (χ3n) is 3.13. The fourth-order valence-electron chi connectivity index (χ4n) is 2.35. The minimum absolute atomic E-state index is 0.302. The van der Waals surface area contributed by atoms with E-state index in [1.54, 1.807) is 11.3 Å². The van der Waals surface area contributed by atoms with Crippen LogP contribution in [-0.2, 0) is 24.1 Å². The number of carboxylic acids is 1. The fourth-order valence-corrected chi connectivity index (χ4v) is 3.80. The Morgan fingerprint density at radius 1 is 1.59 bits per heavy atom. The van der Waals surface area contributed by atoms with E-state index >= 15 is 0 Å². The lowest BCUT2D eigenvalue weighted by Gasteiger charge is -2.18. The number of aliphatic carboxylic acids is 1. The third-order valence-corrected chi connectivity index (χ3v) is 4.27. The van der Waals surface area contributed by atoms with Crippen LogP contribution in [0, 0.1) is 11.8 Å². The molecule has 0 radical (unpaired) electrons. The van der Waals surface area contributed by atoms with E-state index in [1.165, 1.54) is 15.6 Å². The predicted molar refractivity (Wildman–Crippen MR) is 68.4 cm³/mol. The van der Waals surface area contributed by atoms with Crippen LogP contribution >= 0.6 is 11.3 Å². The monoisotopic (exact) mass is 253 g/mol. The van der Waals surface area contributed by atoms with Gasteiger partial charge in [-0.15, -0.1) is 11.3 Å². The van der Waals surface area contributed by atoms with Gasteiger partial charge >= 0.3 is 5.97 Å². The lowest BCUT2D eigenvalue weighted by molar-refractivity contribution is -0.138. The Morgan fingerprint density at radius 2 is 2.35 bits per heavy atom. The number of carboxylic acid groups (broad SMARTS) is 1. The van der Waals surface area contributed by atoms with Gasteiger partial charge in [-0.1, -0.05) is 13.8 Å². The Bertz CT molecular complexity index is 412. The van der Waals surface area contributed by atoms with E-state index in [1.807, 2.05) is 0 Å². The van der Waals surface area contributed by atoms with Crippen LogP contribution in [0.2, 0.25) is 0 Å². The molecular formula is C13H19NO2S. The van der Waals surface area contributed by atoms with Crippen molar-refractivity contribution < 1.29 is 9.90 Å². The molecule has 0 spiro atoms. The summed E-state index contributed by atoms with van der Waals surface area (Å²) in [6, 6.07) is 0. The number of aryl methyl sites for hydroxylation is 1. The Morgan fingerprint density at radius 3 is 3.00 bits per heavy atom. The molecule has 3 nitrogen and oxygen atoms in total. The van der Waals surface area contributed by atoms with Crippen LogP contribution in [0.15, 0.2) is 0 Å². The first-order chi connectivity index (χ1) is 8.04. The van der Waals surface area contributed by atoms with Crippen LogP contribution in [0.1, 0.15) is 42.3 Å². The van der Waals surface area contributed by atoms with Gasteiger partial charge in [0.25, 0.3) is 0 Å². The molecule has 1 heterocycles. The molecular weight excluding hydrogens is 234 g/mol. The van der Waals surface area contributed by atoms with Crippen LogP contribution in [0.3, 0.4) is 0 Å². The van der Waals surface area contributed by atoms with Crippen molar-refractivity contribution >= 4 is 17.3 Å². The van der Waals surface area contributed by atoms with E-state index in [0.717, 1.165) is 25.7 Å². The van der Waals surface area contributed by atoms with Crippen molar-refractivity contribution in [2.75, 3.05) is 0 Å². The maximum Gasteiger partial charge on any atom is 0.303 e. The average molecular weight is 253 g/mol. The number of rotatable bonds is 4. The summed E-state index contributed by atoms with van der Waals surface area (Å²) in [4.78, 5) is 16.7. The predicted octanol–water partition coefficient (Wildman–Crippen LogP) is 2.92. The first kappa shape index (κ1) is 12.6. The summed E-state index contributed by atoms with van der Waals surface area (Å²) >= 11 is 1.79. The lowest BCUT2D eigenvalue weighted by atomic mass is 9.89. The van der Waals surface area contributed by atoms with Gasteiger partial charge in [0, 0.05) is 17.7 Å². The van der Waals surface area contributed by atoms with E-state index in [0.29, 0.717) is 18.3 Å². The maximum absolute atomic E-state index is 10.7. The van der Waals surface area contributed by atoms with E-state index in [-0.39, 0.29) is 0 Å². The molecule has 0 saturated carbocycles. The molecule has 1 aromatic rings. The van der Waals surface area contributed by atoms with E-state index in [4.69, 9.17) is 5.11 Å². The van der Waals surface area contributed by atoms with Crippen molar-refractivity contribution in [3.8, 4) is 0 Å². The van der Waals surface area contributed by atoms with Gasteiger partial charge < -0.3 is 5.11 Å². The molecule has 1 atom stereocenters. The number of nitrogens with zero attached hydrogens (tertiary/aromatic N) is 1. The molecule has 0 amide bonds.